The van der Waals surface area contributed by atoms with Crippen LogP contribution in [-0.2, 0) is 13.0 Å². The number of likely N-dealkylation sites (tertiary alicyclic amines) is 1. The molecule has 3 aliphatic rings. The molecule has 152 valence electrons. The number of aliphatic imine (C=N–C) groups is 1. The molecule has 1 atom stereocenters. The van der Waals surface area contributed by atoms with Crippen LogP contribution in [0.15, 0.2) is 4.99 Å². The predicted molar refractivity (Wildman–Crippen MR) is 119 cm³/mol. The first-order valence-corrected chi connectivity index (χ1v) is 10.4. The molecule has 0 aromatic carbocycles. The number of fused-ring (bicyclic) bond motifs is 1. The van der Waals surface area contributed by atoms with E-state index >= 15 is 0 Å². The van der Waals surface area contributed by atoms with E-state index in [1.54, 1.807) is 0 Å². The molecular formula is C19H34IN7. The second-order valence-corrected chi connectivity index (χ2v) is 8.08. The van der Waals surface area contributed by atoms with E-state index in [0.717, 1.165) is 56.1 Å². The van der Waals surface area contributed by atoms with Crippen molar-refractivity contribution in [3.8, 4) is 0 Å². The summed E-state index contributed by atoms with van der Waals surface area (Å²) < 4.78 is 2.26. The van der Waals surface area contributed by atoms with E-state index < -0.39 is 0 Å². The Morgan fingerprint density at radius 1 is 1.15 bits per heavy atom. The lowest BCUT2D eigenvalue weighted by Gasteiger charge is -2.33. The van der Waals surface area contributed by atoms with Crippen molar-refractivity contribution in [2.75, 3.05) is 26.2 Å². The summed E-state index contributed by atoms with van der Waals surface area (Å²) in [5, 5.41) is 15.6. The topological polar surface area (TPSA) is 70.4 Å². The molecule has 0 radical (unpaired) electrons. The van der Waals surface area contributed by atoms with Crippen LogP contribution < -0.4 is 10.6 Å². The third-order valence-electron chi connectivity index (χ3n) is 6.01. The molecule has 1 aromatic heterocycles. The summed E-state index contributed by atoms with van der Waals surface area (Å²) in [7, 11) is 0. The van der Waals surface area contributed by atoms with Crippen LogP contribution in [0, 0.1) is 12.8 Å². The van der Waals surface area contributed by atoms with E-state index in [-0.39, 0.29) is 24.0 Å². The lowest BCUT2D eigenvalue weighted by Crippen LogP contribution is -2.49. The van der Waals surface area contributed by atoms with Crippen molar-refractivity contribution >= 4 is 29.9 Å². The Labute approximate surface area is 179 Å². The minimum Gasteiger partial charge on any atom is -0.357 e. The maximum absolute atomic E-state index is 4.91. The summed E-state index contributed by atoms with van der Waals surface area (Å²) >= 11 is 0. The van der Waals surface area contributed by atoms with Crippen LogP contribution in [0.5, 0.6) is 0 Å². The number of nitrogens with zero attached hydrogens (tertiary/aromatic N) is 5. The zero-order valence-corrected chi connectivity index (χ0v) is 19.0. The van der Waals surface area contributed by atoms with Gasteiger partial charge in [-0.25, -0.2) is 0 Å². The number of guanidine groups is 1. The van der Waals surface area contributed by atoms with Gasteiger partial charge in [-0.3, -0.25) is 4.99 Å². The summed E-state index contributed by atoms with van der Waals surface area (Å²) in [6.07, 6.45) is 7.46. The second kappa shape index (κ2) is 9.54. The lowest BCUT2D eigenvalue weighted by molar-refractivity contribution is 0.197. The van der Waals surface area contributed by atoms with Gasteiger partial charge < -0.3 is 20.1 Å². The first kappa shape index (κ1) is 20.8. The summed E-state index contributed by atoms with van der Waals surface area (Å²) in [5.74, 6) is 3.73. The van der Waals surface area contributed by atoms with E-state index in [2.05, 4.69) is 37.2 Å². The molecular weight excluding hydrogens is 453 g/mol. The minimum absolute atomic E-state index is 0. The molecule has 7 nitrogen and oxygen atoms in total. The number of rotatable bonds is 5. The average molecular weight is 487 g/mol. The van der Waals surface area contributed by atoms with Gasteiger partial charge in [0.05, 0.1) is 0 Å². The van der Waals surface area contributed by atoms with Gasteiger partial charge in [0.1, 0.15) is 11.6 Å². The molecule has 0 amide bonds. The lowest BCUT2D eigenvalue weighted by atomic mass is 9.99. The van der Waals surface area contributed by atoms with Gasteiger partial charge in [-0.2, -0.15) is 0 Å². The van der Waals surface area contributed by atoms with Crippen molar-refractivity contribution in [3.05, 3.63) is 11.6 Å². The van der Waals surface area contributed by atoms with Crippen molar-refractivity contribution in [3.63, 3.8) is 0 Å². The normalized spacial score (nSPS) is 24.2. The van der Waals surface area contributed by atoms with Crippen molar-refractivity contribution in [2.45, 2.75) is 71.0 Å². The Bertz CT molecular complexity index is 632. The fourth-order valence-electron chi connectivity index (χ4n) is 4.26. The highest BCUT2D eigenvalue weighted by Gasteiger charge is 2.32. The molecule has 3 heterocycles. The summed E-state index contributed by atoms with van der Waals surface area (Å²) in [6, 6.07) is 1.45. The molecule has 0 spiro atoms. The van der Waals surface area contributed by atoms with Crippen molar-refractivity contribution in [2.24, 2.45) is 10.9 Å². The minimum atomic E-state index is 0. The van der Waals surface area contributed by atoms with Crippen LogP contribution >= 0.6 is 24.0 Å². The summed E-state index contributed by atoms with van der Waals surface area (Å²) in [4.78, 5) is 7.58. The Morgan fingerprint density at radius 2 is 1.93 bits per heavy atom. The van der Waals surface area contributed by atoms with Gasteiger partial charge in [0.25, 0.3) is 0 Å². The van der Waals surface area contributed by atoms with Crippen molar-refractivity contribution < 1.29 is 0 Å². The molecule has 1 aliphatic carbocycles. The smallest absolute Gasteiger partial charge is 0.191 e. The Hall–Kier alpha value is -0.900. The number of piperidine rings is 1. The molecule has 27 heavy (non-hydrogen) atoms. The predicted octanol–water partition coefficient (Wildman–Crippen LogP) is 1.95. The van der Waals surface area contributed by atoms with Gasteiger partial charge in [-0.15, -0.1) is 34.2 Å². The first-order chi connectivity index (χ1) is 12.7. The highest BCUT2D eigenvalue weighted by Crippen LogP contribution is 2.29. The highest BCUT2D eigenvalue weighted by molar-refractivity contribution is 14.0. The monoisotopic (exact) mass is 487 g/mol. The number of aromatic nitrogens is 3. The van der Waals surface area contributed by atoms with Crippen LogP contribution in [-0.4, -0.2) is 63.9 Å². The number of halogens is 1. The van der Waals surface area contributed by atoms with Crippen LogP contribution in [0.2, 0.25) is 0 Å². The SMILES string of the molecule is CCNC(=NCC1CCc2nnc(C)n2C1)NC1CCN(C2CC2)CC1.I. The quantitative estimate of drug-likeness (QED) is 0.378. The molecule has 0 bridgehead atoms. The number of nitrogens with one attached hydrogen (secondary N) is 2. The van der Waals surface area contributed by atoms with E-state index in [9.17, 15) is 0 Å². The highest BCUT2D eigenvalue weighted by atomic mass is 127. The second-order valence-electron chi connectivity index (χ2n) is 8.08. The van der Waals surface area contributed by atoms with Gasteiger partial charge in [0.15, 0.2) is 5.96 Å². The zero-order chi connectivity index (χ0) is 17.9. The molecule has 1 aromatic rings. The van der Waals surface area contributed by atoms with Gasteiger partial charge in [0, 0.05) is 51.2 Å². The standard InChI is InChI=1S/C19H33N7.HI/c1-3-20-19(22-16-8-10-25(11-9-16)17-5-6-17)21-12-15-4-7-18-24-23-14(2)26(18)13-15;/h15-17H,3-13H2,1-2H3,(H2,20,21,22);1H. The Balaban J connectivity index is 0.00000210. The maximum atomic E-state index is 4.91. The number of hydrogen-bond acceptors (Lipinski definition) is 4. The third-order valence-corrected chi connectivity index (χ3v) is 6.01. The van der Waals surface area contributed by atoms with E-state index in [1.165, 1.54) is 38.8 Å². The average Bonchev–Trinajstić information content (AvgIpc) is 3.45. The van der Waals surface area contributed by atoms with Crippen LogP contribution in [0.4, 0.5) is 0 Å². The largest absolute Gasteiger partial charge is 0.357 e. The van der Waals surface area contributed by atoms with E-state index in [4.69, 9.17) is 4.99 Å². The number of aryl methyl sites for hydroxylation is 2. The van der Waals surface area contributed by atoms with Gasteiger partial charge in [-0.05, 0) is 51.9 Å². The van der Waals surface area contributed by atoms with Crippen molar-refractivity contribution in [1.29, 1.82) is 0 Å². The van der Waals surface area contributed by atoms with Gasteiger partial charge in [0.2, 0.25) is 0 Å². The van der Waals surface area contributed by atoms with E-state index in [1.807, 2.05) is 6.92 Å². The molecule has 2 N–H and O–H groups in total. The van der Waals surface area contributed by atoms with E-state index in [0.29, 0.717) is 12.0 Å². The van der Waals surface area contributed by atoms with Crippen LogP contribution in [0.3, 0.4) is 0 Å². The fraction of sp³-hybridized carbons (Fsp3) is 0.842. The molecule has 4 rings (SSSR count). The molecule has 2 fully saturated rings. The summed E-state index contributed by atoms with van der Waals surface area (Å²) in [6.45, 7) is 9.43. The Kier molecular flexibility index (Phi) is 7.35. The maximum Gasteiger partial charge on any atom is 0.191 e. The molecule has 8 heteroatoms. The Morgan fingerprint density at radius 3 is 2.63 bits per heavy atom. The molecule has 2 aliphatic heterocycles. The van der Waals surface area contributed by atoms with Gasteiger partial charge in [-0.1, -0.05) is 0 Å². The molecule has 1 saturated carbocycles. The number of hydrogen-bond donors (Lipinski definition) is 2. The van der Waals surface area contributed by atoms with Crippen LogP contribution in [0.25, 0.3) is 0 Å². The fourth-order valence-corrected chi connectivity index (χ4v) is 4.26. The first-order valence-electron chi connectivity index (χ1n) is 10.4. The molecule has 1 unspecified atom stereocenters. The van der Waals surface area contributed by atoms with Crippen LogP contribution in [0.1, 0.15) is 50.7 Å². The van der Waals surface area contributed by atoms with Gasteiger partial charge >= 0.3 is 0 Å². The molecule has 1 saturated heterocycles. The summed E-state index contributed by atoms with van der Waals surface area (Å²) in [5.41, 5.74) is 0. The van der Waals surface area contributed by atoms with Crippen molar-refractivity contribution in [1.82, 2.24) is 30.3 Å². The third kappa shape index (κ3) is 5.34. The zero-order valence-electron chi connectivity index (χ0n) is 16.7.